The number of rotatable bonds is 3. The molecule has 4 bridgehead atoms. The summed E-state index contributed by atoms with van der Waals surface area (Å²) in [6.07, 6.45) is 32.7. The molecule has 7 aliphatic carbocycles. The van der Waals surface area contributed by atoms with Crippen molar-refractivity contribution in [3.05, 3.63) is 61.3 Å². The monoisotopic (exact) mass is 450 g/mol. The Morgan fingerprint density at radius 2 is 1.12 bits per heavy atom. The van der Waals surface area contributed by atoms with Gasteiger partial charge in [0.2, 0.25) is 0 Å². The molecule has 3 heteroatoms. The van der Waals surface area contributed by atoms with Crippen LogP contribution in [-0.2, 0) is 14.2 Å². The molecule has 2 saturated carbocycles. The summed E-state index contributed by atoms with van der Waals surface area (Å²) in [5.41, 5.74) is 0. The van der Waals surface area contributed by atoms with E-state index in [1.54, 1.807) is 6.08 Å². The van der Waals surface area contributed by atoms with Gasteiger partial charge in [-0.25, -0.2) is 0 Å². The van der Waals surface area contributed by atoms with E-state index in [1.165, 1.54) is 51.4 Å². The van der Waals surface area contributed by atoms with Crippen LogP contribution in [-0.4, -0.2) is 38.1 Å². The van der Waals surface area contributed by atoms with E-state index in [-0.39, 0.29) is 0 Å². The third-order valence-electron chi connectivity index (χ3n) is 8.43. The van der Waals surface area contributed by atoms with Gasteiger partial charge in [0.05, 0.1) is 38.1 Å². The van der Waals surface area contributed by atoms with Crippen molar-refractivity contribution in [2.24, 2.45) is 35.5 Å². The van der Waals surface area contributed by atoms with Crippen LogP contribution in [0, 0.1) is 35.5 Å². The van der Waals surface area contributed by atoms with E-state index < -0.39 is 0 Å². The molecule has 7 unspecified atom stereocenters. The van der Waals surface area contributed by atoms with Gasteiger partial charge in [-0.3, -0.25) is 0 Å². The fourth-order valence-corrected chi connectivity index (χ4v) is 6.15. The molecule has 0 spiro atoms. The zero-order chi connectivity index (χ0) is 22.5. The van der Waals surface area contributed by atoms with E-state index in [2.05, 4.69) is 55.2 Å². The zero-order valence-electron chi connectivity index (χ0n) is 20.1. The first kappa shape index (κ1) is 23.3. The fourth-order valence-electron chi connectivity index (χ4n) is 6.15. The molecule has 9 atom stereocenters. The number of hydrogen-bond donors (Lipinski definition) is 0. The minimum absolute atomic E-state index is 0.398. The van der Waals surface area contributed by atoms with Gasteiger partial charge in [-0.05, 0) is 86.9 Å². The van der Waals surface area contributed by atoms with Crippen LogP contribution >= 0.6 is 0 Å². The van der Waals surface area contributed by atoms with Crippen molar-refractivity contribution in [2.75, 3.05) is 19.8 Å². The molecule has 0 aromatic rings. The molecule has 0 aromatic carbocycles. The van der Waals surface area contributed by atoms with E-state index in [4.69, 9.17) is 14.2 Å². The summed E-state index contributed by atoms with van der Waals surface area (Å²) in [5.74, 6) is 5.31. The van der Waals surface area contributed by atoms with Crippen LogP contribution in [0.2, 0.25) is 0 Å². The van der Waals surface area contributed by atoms with Crippen LogP contribution in [0.15, 0.2) is 61.3 Å². The number of epoxide rings is 3. The molecule has 33 heavy (non-hydrogen) atoms. The summed E-state index contributed by atoms with van der Waals surface area (Å²) in [4.78, 5) is 0. The van der Waals surface area contributed by atoms with E-state index in [0.717, 1.165) is 55.3 Å². The Morgan fingerprint density at radius 1 is 0.636 bits per heavy atom. The minimum Gasteiger partial charge on any atom is -0.373 e. The second kappa shape index (κ2) is 11.3. The molecule has 5 fully saturated rings. The van der Waals surface area contributed by atoms with E-state index in [9.17, 15) is 0 Å². The van der Waals surface area contributed by atoms with E-state index in [1.807, 2.05) is 0 Å². The minimum atomic E-state index is 0.398. The summed E-state index contributed by atoms with van der Waals surface area (Å²) in [7, 11) is 0. The average Bonchev–Trinajstić information content (AvgIpc) is 3.77. The number of allylic oxidation sites excluding steroid dienone is 8. The first-order chi connectivity index (χ1) is 16.3. The third-order valence-corrected chi connectivity index (χ3v) is 8.43. The first-order valence-corrected chi connectivity index (χ1v) is 13.5. The molecule has 0 aromatic heterocycles. The summed E-state index contributed by atoms with van der Waals surface area (Å²) in [5, 5.41) is 0. The van der Waals surface area contributed by atoms with Crippen LogP contribution in [0.3, 0.4) is 0 Å². The Balaban J connectivity index is 0.0000000976. The van der Waals surface area contributed by atoms with Gasteiger partial charge >= 0.3 is 0 Å². The smallest absolute Gasteiger partial charge is 0.0988 e. The second-order valence-corrected chi connectivity index (χ2v) is 10.9. The summed E-state index contributed by atoms with van der Waals surface area (Å²) in [6.45, 7) is 6.48. The van der Waals surface area contributed by atoms with Crippen molar-refractivity contribution in [2.45, 2.75) is 69.7 Å². The normalized spacial score (nSPS) is 43.8. The molecule has 0 N–H and O–H groups in total. The lowest BCUT2D eigenvalue weighted by Crippen LogP contribution is -2.30. The van der Waals surface area contributed by atoms with Gasteiger partial charge < -0.3 is 14.2 Å². The largest absolute Gasteiger partial charge is 0.373 e. The van der Waals surface area contributed by atoms with Crippen molar-refractivity contribution >= 4 is 0 Å². The van der Waals surface area contributed by atoms with Crippen molar-refractivity contribution in [1.29, 1.82) is 0 Å². The standard InChI is InChI=1S/2C10H14O.C6H8.C4H6O/c2*1-3-8-4-2-7(1)5-9(8)10-6-11-10;1-2-4-6-5-3-1;1-2-4-3-5-4/h2*1,3,7-10H,2,4-6H2;1-4H,5-6H2;2,4H,1,3H2/t2*7?,8?,9?,10-;;/m10../s1. The van der Waals surface area contributed by atoms with Crippen LogP contribution in [0.5, 0.6) is 0 Å². The van der Waals surface area contributed by atoms with Crippen molar-refractivity contribution in [3.8, 4) is 0 Å². The predicted molar refractivity (Wildman–Crippen MR) is 134 cm³/mol. The first-order valence-electron chi connectivity index (χ1n) is 13.5. The lowest BCUT2D eigenvalue weighted by atomic mass is 9.68. The highest BCUT2D eigenvalue weighted by Gasteiger charge is 2.43. The van der Waals surface area contributed by atoms with Gasteiger partial charge in [-0.15, -0.1) is 6.58 Å². The molecular formula is C30H42O3. The molecule has 3 heterocycles. The summed E-state index contributed by atoms with van der Waals surface area (Å²) < 4.78 is 15.5. The van der Waals surface area contributed by atoms with Crippen molar-refractivity contribution in [3.63, 3.8) is 0 Å². The Morgan fingerprint density at radius 3 is 1.30 bits per heavy atom. The Labute approximate surface area is 200 Å². The fraction of sp³-hybridized carbons (Fsp3) is 0.667. The van der Waals surface area contributed by atoms with Gasteiger partial charge in [0.1, 0.15) is 0 Å². The molecule has 10 rings (SSSR count). The second-order valence-electron chi connectivity index (χ2n) is 10.9. The Bertz CT molecular complexity index is 697. The van der Waals surface area contributed by atoms with Crippen LogP contribution < -0.4 is 0 Å². The van der Waals surface area contributed by atoms with Crippen molar-refractivity contribution in [1.82, 2.24) is 0 Å². The lowest BCUT2D eigenvalue weighted by Gasteiger charge is -2.37. The molecule has 0 radical (unpaired) electrons. The maximum absolute atomic E-state index is 5.37. The zero-order valence-corrected chi connectivity index (χ0v) is 20.1. The quantitative estimate of drug-likeness (QED) is 0.367. The van der Waals surface area contributed by atoms with Gasteiger partial charge in [0.15, 0.2) is 0 Å². The summed E-state index contributed by atoms with van der Waals surface area (Å²) in [6, 6.07) is 0. The van der Waals surface area contributed by atoms with Crippen LogP contribution in [0.25, 0.3) is 0 Å². The van der Waals surface area contributed by atoms with E-state index in [0.29, 0.717) is 18.3 Å². The van der Waals surface area contributed by atoms with Gasteiger partial charge in [0.25, 0.3) is 0 Å². The van der Waals surface area contributed by atoms with E-state index >= 15 is 0 Å². The topological polar surface area (TPSA) is 37.6 Å². The molecule has 10 aliphatic rings. The maximum Gasteiger partial charge on any atom is 0.0988 e. The van der Waals surface area contributed by atoms with Crippen LogP contribution in [0.4, 0.5) is 0 Å². The molecule has 180 valence electrons. The van der Waals surface area contributed by atoms with Crippen molar-refractivity contribution < 1.29 is 14.2 Å². The van der Waals surface area contributed by atoms with Gasteiger partial charge in [-0.2, -0.15) is 0 Å². The molecule has 3 saturated heterocycles. The highest BCUT2D eigenvalue weighted by molar-refractivity contribution is 5.10. The number of hydrogen-bond acceptors (Lipinski definition) is 3. The Hall–Kier alpha value is -1.42. The average molecular weight is 451 g/mol. The van der Waals surface area contributed by atoms with Crippen LogP contribution in [0.1, 0.15) is 51.4 Å². The maximum atomic E-state index is 5.37. The number of fused-ring (bicyclic) bond motifs is 4. The molecule has 3 aliphatic heterocycles. The number of ether oxygens (including phenoxy) is 3. The van der Waals surface area contributed by atoms with Gasteiger partial charge in [-0.1, -0.05) is 54.7 Å². The summed E-state index contributed by atoms with van der Waals surface area (Å²) >= 11 is 0. The SMILES string of the molecule is C1=CC2CCC1CC2[C@@H]1CO1.C1=CC2CCC1CC2[C@H]1CO1.C1=CCCC=C1.C=CC1CO1. The molecule has 0 amide bonds. The molecule has 3 nitrogen and oxygen atoms in total. The highest BCUT2D eigenvalue weighted by atomic mass is 16.6. The lowest BCUT2D eigenvalue weighted by molar-refractivity contribution is 0.176. The highest BCUT2D eigenvalue weighted by Crippen LogP contribution is 2.46. The predicted octanol–water partition coefficient (Wildman–Crippen LogP) is 6.44. The third kappa shape index (κ3) is 7.04. The Kier molecular flexibility index (Phi) is 8.01. The van der Waals surface area contributed by atoms with Gasteiger partial charge in [0, 0.05) is 0 Å². The molecular weight excluding hydrogens is 408 g/mol.